The van der Waals surface area contributed by atoms with Crippen molar-refractivity contribution in [1.29, 1.82) is 0 Å². The minimum atomic E-state index is 0.0624. The summed E-state index contributed by atoms with van der Waals surface area (Å²) in [5.41, 5.74) is 1.84. The molecule has 0 radical (unpaired) electrons. The Morgan fingerprint density at radius 2 is 2.09 bits per heavy atom. The lowest BCUT2D eigenvalue weighted by Gasteiger charge is -2.22. The highest BCUT2D eigenvalue weighted by molar-refractivity contribution is 5.92. The van der Waals surface area contributed by atoms with Crippen LogP contribution in [-0.4, -0.2) is 39.3 Å². The molecular weight excluding hydrogens is 280 g/mol. The molecular formula is C17H26N2O3. The SMILES string of the molecule is COCCOc1cc(C)ccc1NC(=O)CC1CCNCC1. The van der Waals surface area contributed by atoms with Crippen LogP contribution in [0.1, 0.15) is 24.8 Å². The third kappa shape index (κ3) is 5.31. The number of anilines is 1. The van der Waals surface area contributed by atoms with Crippen LogP contribution in [0, 0.1) is 12.8 Å². The lowest BCUT2D eigenvalue weighted by atomic mass is 9.94. The standard InChI is InChI=1S/C17H26N2O3/c1-13-3-4-15(16(11-13)22-10-9-21-2)19-17(20)12-14-5-7-18-8-6-14/h3-4,11,14,18H,5-10,12H2,1-2H3,(H,19,20). The van der Waals surface area contributed by atoms with Gasteiger partial charge < -0.3 is 20.1 Å². The normalized spacial score (nSPS) is 15.5. The lowest BCUT2D eigenvalue weighted by Crippen LogP contribution is -2.30. The van der Waals surface area contributed by atoms with Crippen LogP contribution in [0.5, 0.6) is 5.75 Å². The molecule has 2 rings (SSSR count). The first-order valence-electron chi connectivity index (χ1n) is 7.92. The Morgan fingerprint density at radius 1 is 1.32 bits per heavy atom. The largest absolute Gasteiger partial charge is 0.489 e. The Kier molecular flexibility index (Phi) is 6.68. The molecule has 1 aromatic rings. The van der Waals surface area contributed by atoms with Crippen molar-refractivity contribution in [1.82, 2.24) is 5.32 Å². The van der Waals surface area contributed by atoms with E-state index in [-0.39, 0.29) is 5.91 Å². The number of ether oxygens (including phenoxy) is 2. The first-order valence-corrected chi connectivity index (χ1v) is 7.92. The molecule has 1 aliphatic heterocycles. The van der Waals surface area contributed by atoms with Gasteiger partial charge in [0.1, 0.15) is 12.4 Å². The summed E-state index contributed by atoms with van der Waals surface area (Å²) in [5.74, 6) is 1.24. The molecule has 0 bridgehead atoms. The molecule has 1 saturated heterocycles. The molecule has 22 heavy (non-hydrogen) atoms. The Hall–Kier alpha value is -1.59. The zero-order valence-corrected chi connectivity index (χ0v) is 13.5. The number of carbonyl (C=O) groups excluding carboxylic acids is 1. The number of amides is 1. The molecule has 5 nitrogen and oxygen atoms in total. The summed E-state index contributed by atoms with van der Waals surface area (Å²) in [4.78, 5) is 12.2. The second-order valence-corrected chi connectivity index (χ2v) is 5.79. The smallest absolute Gasteiger partial charge is 0.224 e. The van der Waals surface area contributed by atoms with Gasteiger partial charge in [0.25, 0.3) is 0 Å². The number of piperidine rings is 1. The number of hydrogen-bond acceptors (Lipinski definition) is 4. The van der Waals surface area contributed by atoms with Gasteiger partial charge in [-0.2, -0.15) is 0 Å². The Labute approximate surface area is 132 Å². The first kappa shape index (κ1) is 16.8. The maximum Gasteiger partial charge on any atom is 0.224 e. The van der Waals surface area contributed by atoms with Crippen molar-refractivity contribution in [3.8, 4) is 5.75 Å². The molecule has 0 spiro atoms. The monoisotopic (exact) mass is 306 g/mol. The fourth-order valence-electron chi connectivity index (χ4n) is 2.64. The minimum absolute atomic E-state index is 0.0624. The summed E-state index contributed by atoms with van der Waals surface area (Å²) in [6, 6.07) is 5.82. The predicted molar refractivity (Wildman–Crippen MR) is 87.4 cm³/mol. The zero-order chi connectivity index (χ0) is 15.8. The molecule has 1 aliphatic rings. The molecule has 5 heteroatoms. The Bertz CT molecular complexity index is 485. The van der Waals surface area contributed by atoms with E-state index in [1.807, 2.05) is 25.1 Å². The number of nitrogens with one attached hydrogen (secondary N) is 2. The van der Waals surface area contributed by atoms with Crippen LogP contribution >= 0.6 is 0 Å². The van der Waals surface area contributed by atoms with Crippen LogP contribution < -0.4 is 15.4 Å². The maximum atomic E-state index is 12.2. The molecule has 1 aromatic carbocycles. The van der Waals surface area contributed by atoms with Crippen LogP contribution in [0.2, 0.25) is 0 Å². The van der Waals surface area contributed by atoms with Crippen molar-refractivity contribution < 1.29 is 14.3 Å². The van der Waals surface area contributed by atoms with Gasteiger partial charge >= 0.3 is 0 Å². The summed E-state index contributed by atoms with van der Waals surface area (Å²) >= 11 is 0. The maximum absolute atomic E-state index is 12.2. The van der Waals surface area contributed by atoms with Crippen molar-refractivity contribution in [3.05, 3.63) is 23.8 Å². The highest BCUT2D eigenvalue weighted by Crippen LogP contribution is 2.26. The van der Waals surface area contributed by atoms with E-state index >= 15 is 0 Å². The predicted octanol–water partition coefficient (Wildman–Crippen LogP) is 2.35. The number of carbonyl (C=O) groups is 1. The average molecular weight is 306 g/mol. The Morgan fingerprint density at radius 3 is 2.82 bits per heavy atom. The molecule has 2 N–H and O–H groups in total. The molecule has 1 fully saturated rings. The zero-order valence-electron chi connectivity index (χ0n) is 13.5. The van der Waals surface area contributed by atoms with E-state index in [1.54, 1.807) is 7.11 Å². The second kappa shape index (κ2) is 8.76. The van der Waals surface area contributed by atoms with Gasteiger partial charge in [-0.05, 0) is 56.5 Å². The van der Waals surface area contributed by atoms with Gasteiger partial charge in [0.2, 0.25) is 5.91 Å². The number of rotatable bonds is 7. The van der Waals surface area contributed by atoms with Gasteiger partial charge in [0.05, 0.1) is 12.3 Å². The topological polar surface area (TPSA) is 59.6 Å². The summed E-state index contributed by atoms with van der Waals surface area (Å²) in [7, 11) is 1.64. The van der Waals surface area contributed by atoms with Crippen LogP contribution in [0.15, 0.2) is 18.2 Å². The lowest BCUT2D eigenvalue weighted by molar-refractivity contribution is -0.117. The quantitative estimate of drug-likeness (QED) is 0.759. The van der Waals surface area contributed by atoms with E-state index < -0.39 is 0 Å². The molecule has 0 atom stereocenters. The number of hydrogen-bond donors (Lipinski definition) is 2. The van der Waals surface area contributed by atoms with E-state index in [0.29, 0.717) is 31.3 Å². The molecule has 0 unspecified atom stereocenters. The summed E-state index contributed by atoms with van der Waals surface area (Å²) in [5, 5.41) is 6.30. The van der Waals surface area contributed by atoms with Gasteiger partial charge in [0.15, 0.2) is 0 Å². The van der Waals surface area contributed by atoms with Gasteiger partial charge in [0, 0.05) is 13.5 Å². The van der Waals surface area contributed by atoms with E-state index in [2.05, 4.69) is 10.6 Å². The molecule has 0 aromatic heterocycles. The third-order valence-corrected chi connectivity index (χ3v) is 3.89. The fraction of sp³-hybridized carbons (Fsp3) is 0.588. The highest BCUT2D eigenvalue weighted by atomic mass is 16.5. The summed E-state index contributed by atoms with van der Waals surface area (Å²) in [6.07, 6.45) is 2.71. The summed E-state index contributed by atoms with van der Waals surface area (Å²) in [6.45, 7) is 5.01. The second-order valence-electron chi connectivity index (χ2n) is 5.79. The van der Waals surface area contributed by atoms with Gasteiger partial charge in [-0.3, -0.25) is 4.79 Å². The van der Waals surface area contributed by atoms with Crippen LogP contribution in [-0.2, 0) is 9.53 Å². The number of methoxy groups -OCH3 is 1. The van der Waals surface area contributed by atoms with E-state index in [1.165, 1.54) is 0 Å². The first-order chi connectivity index (χ1) is 10.7. The van der Waals surface area contributed by atoms with Gasteiger partial charge in [-0.15, -0.1) is 0 Å². The fourth-order valence-corrected chi connectivity index (χ4v) is 2.64. The highest BCUT2D eigenvalue weighted by Gasteiger charge is 2.17. The van der Waals surface area contributed by atoms with Crippen molar-refractivity contribution in [2.24, 2.45) is 5.92 Å². The minimum Gasteiger partial charge on any atom is -0.489 e. The van der Waals surface area contributed by atoms with Crippen molar-refractivity contribution in [2.75, 3.05) is 38.7 Å². The number of aryl methyl sites for hydroxylation is 1. The molecule has 1 heterocycles. The van der Waals surface area contributed by atoms with Crippen LogP contribution in [0.3, 0.4) is 0 Å². The van der Waals surface area contributed by atoms with E-state index in [9.17, 15) is 4.79 Å². The summed E-state index contributed by atoms with van der Waals surface area (Å²) < 4.78 is 10.7. The van der Waals surface area contributed by atoms with Crippen molar-refractivity contribution in [2.45, 2.75) is 26.2 Å². The number of benzene rings is 1. The molecule has 0 saturated carbocycles. The average Bonchev–Trinajstić information content (AvgIpc) is 2.51. The van der Waals surface area contributed by atoms with E-state index in [0.717, 1.165) is 37.2 Å². The van der Waals surface area contributed by atoms with Crippen LogP contribution in [0.4, 0.5) is 5.69 Å². The Balaban J connectivity index is 1.93. The molecule has 0 aliphatic carbocycles. The molecule has 122 valence electrons. The van der Waals surface area contributed by atoms with E-state index in [4.69, 9.17) is 9.47 Å². The van der Waals surface area contributed by atoms with Gasteiger partial charge in [-0.1, -0.05) is 6.07 Å². The van der Waals surface area contributed by atoms with Crippen LogP contribution in [0.25, 0.3) is 0 Å². The van der Waals surface area contributed by atoms with Crippen molar-refractivity contribution in [3.63, 3.8) is 0 Å². The van der Waals surface area contributed by atoms with Gasteiger partial charge in [-0.25, -0.2) is 0 Å². The molecule has 1 amide bonds. The van der Waals surface area contributed by atoms with Crippen molar-refractivity contribution >= 4 is 11.6 Å². The third-order valence-electron chi connectivity index (χ3n) is 3.89.